The van der Waals surface area contributed by atoms with Gasteiger partial charge in [0.15, 0.2) is 5.82 Å². The highest BCUT2D eigenvalue weighted by Gasteiger charge is 2.39. The van der Waals surface area contributed by atoms with E-state index in [4.69, 9.17) is 9.47 Å². The fourth-order valence-electron chi connectivity index (χ4n) is 5.96. The van der Waals surface area contributed by atoms with Crippen molar-refractivity contribution in [2.24, 2.45) is 5.41 Å². The normalized spacial score (nSPS) is 15.6. The van der Waals surface area contributed by atoms with E-state index >= 15 is 13.2 Å². The van der Waals surface area contributed by atoms with Gasteiger partial charge < -0.3 is 19.1 Å². The first-order valence-corrected chi connectivity index (χ1v) is 15.1. The Balaban J connectivity index is 1.16. The third kappa shape index (κ3) is 5.88. The van der Waals surface area contributed by atoms with E-state index in [-0.39, 0.29) is 70.8 Å². The van der Waals surface area contributed by atoms with E-state index in [2.05, 4.69) is 20.3 Å². The van der Waals surface area contributed by atoms with Crippen LogP contribution >= 0.6 is 0 Å². The number of carboxylic acid groups (broad SMARTS) is 1. The van der Waals surface area contributed by atoms with Crippen molar-refractivity contribution in [3.05, 3.63) is 119 Å². The minimum atomic E-state index is -1.29. The summed E-state index contributed by atoms with van der Waals surface area (Å²) < 4.78 is 61.4. The first-order valence-electron chi connectivity index (χ1n) is 15.1. The molecule has 0 unspecified atom stereocenters. The van der Waals surface area contributed by atoms with E-state index in [1.165, 1.54) is 6.07 Å². The largest absolute Gasteiger partial charge is 0.478 e. The standard InChI is InChI=1S/C35H29F3N6O4/c1-35(2)19-47-18-30(35)44-29-14-22(34(45)46)13-27(38)33(29)41-31(44)15-21-12-26(37)24(16-25(21)36)28-4-3-5-32(40-28)48-17-20-6-8-23(9-7-20)43-11-10-39-42-43/h3-14,16,30H,15,17-19H2,1-2H3,(H,45,46)/t30-/m1/s1. The molecule has 4 heterocycles. The molecule has 1 N–H and O–H groups in total. The van der Waals surface area contributed by atoms with Crippen LogP contribution in [0.2, 0.25) is 0 Å². The van der Waals surface area contributed by atoms with E-state index in [0.29, 0.717) is 6.61 Å². The lowest BCUT2D eigenvalue weighted by Gasteiger charge is -2.28. The highest BCUT2D eigenvalue weighted by molar-refractivity contribution is 5.93. The van der Waals surface area contributed by atoms with Crippen LogP contribution in [0.15, 0.2) is 79.1 Å². The molecule has 13 heteroatoms. The van der Waals surface area contributed by atoms with E-state index < -0.39 is 28.8 Å². The van der Waals surface area contributed by atoms with Gasteiger partial charge in [0.25, 0.3) is 0 Å². The highest BCUT2D eigenvalue weighted by atomic mass is 19.1. The first-order chi connectivity index (χ1) is 23.1. The highest BCUT2D eigenvalue weighted by Crippen LogP contribution is 2.41. The number of hydrogen-bond donors (Lipinski definition) is 1. The lowest BCUT2D eigenvalue weighted by Crippen LogP contribution is -2.27. The topological polar surface area (TPSA) is 117 Å². The number of fused-ring (bicyclic) bond motifs is 1. The first kappa shape index (κ1) is 31.1. The van der Waals surface area contributed by atoms with Gasteiger partial charge in [-0.05, 0) is 53.6 Å². The number of pyridine rings is 1. The van der Waals surface area contributed by atoms with Crippen molar-refractivity contribution in [3.63, 3.8) is 0 Å². The van der Waals surface area contributed by atoms with Crippen molar-refractivity contribution < 1.29 is 32.5 Å². The summed E-state index contributed by atoms with van der Waals surface area (Å²) >= 11 is 0. The van der Waals surface area contributed by atoms with Gasteiger partial charge in [-0.3, -0.25) is 0 Å². The number of aromatic nitrogens is 6. The number of imidazole rings is 1. The zero-order valence-corrected chi connectivity index (χ0v) is 25.9. The maximum atomic E-state index is 15.7. The smallest absolute Gasteiger partial charge is 0.335 e. The minimum absolute atomic E-state index is 0.00913. The maximum absolute atomic E-state index is 15.7. The predicted molar refractivity (Wildman–Crippen MR) is 168 cm³/mol. The Labute approximate surface area is 272 Å². The molecule has 0 amide bonds. The number of ether oxygens (including phenoxy) is 2. The molecule has 1 aliphatic rings. The molecule has 6 aromatic rings. The Morgan fingerprint density at radius 2 is 1.83 bits per heavy atom. The summed E-state index contributed by atoms with van der Waals surface area (Å²) in [5, 5.41) is 17.3. The zero-order valence-electron chi connectivity index (χ0n) is 25.9. The van der Waals surface area contributed by atoms with Crippen molar-refractivity contribution in [1.82, 2.24) is 29.5 Å². The molecule has 1 atom stereocenters. The summed E-state index contributed by atoms with van der Waals surface area (Å²) in [5.74, 6) is -3.05. The van der Waals surface area contributed by atoms with Gasteiger partial charge >= 0.3 is 5.97 Å². The number of carbonyl (C=O) groups is 1. The minimum Gasteiger partial charge on any atom is -0.478 e. The lowest BCUT2D eigenvalue weighted by molar-refractivity contribution is 0.0696. The van der Waals surface area contributed by atoms with E-state index in [1.54, 1.807) is 39.8 Å². The van der Waals surface area contributed by atoms with Gasteiger partial charge in [-0.25, -0.2) is 32.6 Å². The van der Waals surface area contributed by atoms with Crippen LogP contribution < -0.4 is 4.74 Å². The second kappa shape index (κ2) is 12.2. The Morgan fingerprint density at radius 1 is 1.02 bits per heavy atom. The number of rotatable bonds is 9. The van der Waals surface area contributed by atoms with Crippen LogP contribution in [0.25, 0.3) is 28.0 Å². The van der Waals surface area contributed by atoms with Crippen molar-refractivity contribution in [2.75, 3.05) is 13.2 Å². The van der Waals surface area contributed by atoms with Crippen LogP contribution in [0.5, 0.6) is 5.88 Å². The number of aromatic carboxylic acids is 1. The Morgan fingerprint density at radius 3 is 2.54 bits per heavy atom. The van der Waals surface area contributed by atoms with E-state index in [1.807, 2.05) is 38.1 Å². The monoisotopic (exact) mass is 654 g/mol. The predicted octanol–water partition coefficient (Wildman–Crippen LogP) is 6.56. The molecular formula is C35H29F3N6O4. The number of halogens is 3. The second-order valence-electron chi connectivity index (χ2n) is 12.3. The molecular weight excluding hydrogens is 625 g/mol. The van der Waals surface area contributed by atoms with Crippen LogP contribution in [-0.4, -0.2) is 53.8 Å². The fourth-order valence-corrected chi connectivity index (χ4v) is 5.96. The fraction of sp³-hybridized carbons (Fsp3) is 0.229. The van der Waals surface area contributed by atoms with Crippen LogP contribution in [0.1, 0.15) is 47.2 Å². The SMILES string of the molecule is CC1(C)COC[C@H]1n1c(Cc2cc(F)c(-c3cccc(OCc4ccc(-n5ccnn5)cc4)n3)cc2F)nc2c(F)cc(C(=O)O)cc21. The molecule has 3 aromatic heterocycles. The lowest BCUT2D eigenvalue weighted by atomic mass is 9.87. The molecule has 10 nitrogen and oxygen atoms in total. The number of hydrogen-bond acceptors (Lipinski definition) is 7. The Kier molecular flexibility index (Phi) is 7.91. The number of nitrogens with zero attached hydrogens (tertiary/aromatic N) is 6. The van der Waals surface area contributed by atoms with Gasteiger partial charge in [0, 0.05) is 23.5 Å². The van der Waals surface area contributed by atoms with Crippen LogP contribution in [-0.2, 0) is 17.8 Å². The molecule has 244 valence electrons. The molecule has 0 saturated carbocycles. The quantitative estimate of drug-likeness (QED) is 0.186. The van der Waals surface area contributed by atoms with Gasteiger partial charge in [-0.2, -0.15) is 0 Å². The van der Waals surface area contributed by atoms with Gasteiger partial charge in [-0.15, -0.1) is 5.10 Å². The van der Waals surface area contributed by atoms with E-state index in [0.717, 1.165) is 29.4 Å². The van der Waals surface area contributed by atoms with Gasteiger partial charge in [-0.1, -0.05) is 37.3 Å². The van der Waals surface area contributed by atoms with Gasteiger partial charge in [0.1, 0.15) is 29.6 Å². The molecule has 0 aliphatic carbocycles. The summed E-state index contributed by atoms with van der Waals surface area (Å²) in [7, 11) is 0. The molecule has 0 radical (unpaired) electrons. The maximum Gasteiger partial charge on any atom is 0.335 e. The third-order valence-corrected chi connectivity index (χ3v) is 8.53. The summed E-state index contributed by atoms with van der Waals surface area (Å²) in [5.41, 5.74) is 1.34. The Bertz CT molecular complexity index is 2150. The molecule has 7 rings (SSSR count). The summed E-state index contributed by atoms with van der Waals surface area (Å²) in [4.78, 5) is 20.6. The zero-order chi connectivity index (χ0) is 33.6. The average Bonchev–Trinajstić information content (AvgIpc) is 3.81. The molecule has 3 aromatic carbocycles. The molecule has 0 spiro atoms. The van der Waals surface area contributed by atoms with Crippen molar-refractivity contribution >= 4 is 17.0 Å². The second-order valence-corrected chi connectivity index (χ2v) is 12.3. The van der Waals surface area contributed by atoms with Crippen molar-refractivity contribution in [1.29, 1.82) is 0 Å². The van der Waals surface area contributed by atoms with E-state index in [9.17, 15) is 9.90 Å². The van der Waals surface area contributed by atoms with Crippen molar-refractivity contribution in [2.45, 2.75) is 32.9 Å². The molecule has 0 bridgehead atoms. The van der Waals surface area contributed by atoms with Crippen LogP contribution in [0.3, 0.4) is 0 Å². The Hall–Kier alpha value is -5.56. The molecule has 1 fully saturated rings. The van der Waals surface area contributed by atoms with Gasteiger partial charge in [0.05, 0.1) is 54.1 Å². The van der Waals surface area contributed by atoms with Crippen LogP contribution in [0, 0.1) is 22.9 Å². The molecule has 1 aliphatic heterocycles. The number of benzene rings is 3. The molecule has 1 saturated heterocycles. The van der Waals surface area contributed by atoms with Crippen molar-refractivity contribution in [3.8, 4) is 22.8 Å². The summed E-state index contributed by atoms with van der Waals surface area (Å²) in [6.07, 6.45) is 3.14. The molecule has 48 heavy (non-hydrogen) atoms. The number of carboxylic acids is 1. The third-order valence-electron chi connectivity index (χ3n) is 8.53. The summed E-state index contributed by atoms with van der Waals surface area (Å²) in [6.45, 7) is 4.80. The van der Waals surface area contributed by atoms with Gasteiger partial charge in [0.2, 0.25) is 5.88 Å². The van der Waals surface area contributed by atoms with Crippen LogP contribution in [0.4, 0.5) is 13.2 Å². The average molecular weight is 655 g/mol. The summed E-state index contributed by atoms with van der Waals surface area (Å²) in [6, 6.07) is 16.4.